The Balaban J connectivity index is 1.67. The predicted molar refractivity (Wildman–Crippen MR) is 124 cm³/mol. The Hall–Kier alpha value is -3.35. The van der Waals surface area contributed by atoms with Crippen molar-refractivity contribution in [3.05, 3.63) is 58.7 Å². The molecule has 0 unspecified atom stereocenters. The molecule has 33 heavy (non-hydrogen) atoms. The van der Waals surface area contributed by atoms with E-state index in [0.717, 1.165) is 11.1 Å². The minimum absolute atomic E-state index is 0.125. The van der Waals surface area contributed by atoms with Gasteiger partial charge in [0.1, 0.15) is 6.04 Å². The molecule has 2 aliphatic heterocycles. The SMILES string of the molecule is COc1cc2c(cc1OC)[C@@H](C)N(C(=O)[C@@H](CC(C)C)N1C(=O)c3ccccc3C1=O)CC2. The van der Waals surface area contributed by atoms with Crippen LogP contribution in [0.5, 0.6) is 11.5 Å². The molecule has 0 radical (unpaired) electrons. The van der Waals surface area contributed by atoms with E-state index in [-0.39, 0.29) is 17.9 Å². The van der Waals surface area contributed by atoms with Gasteiger partial charge in [0.25, 0.3) is 11.8 Å². The second kappa shape index (κ2) is 8.89. The van der Waals surface area contributed by atoms with Gasteiger partial charge in [-0.25, -0.2) is 0 Å². The molecule has 2 aromatic rings. The third-order valence-electron chi connectivity index (χ3n) is 6.58. The summed E-state index contributed by atoms with van der Waals surface area (Å²) in [6.45, 7) is 6.45. The molecule has 2 heterocycles. The summed E-state index contributed by atoms with van der Waals surface area (Å²) >= 11 is 0. The Morgan fingerprint density at radius 3 is 2.15 bits per heavy atom. The highest BCUT2D eigenvalue weighted by molar-refractivity contribution is 6.22. The zero-order valence-electron chi connectivity index (χ0n) is 19.8. The molecule has 2 aliphatic rings. The smallest absolute Gasteiger partial charge is 0.262 e. The summed E-state index contributed by atoms with van der Waals surface area (Å²) in [6.07, 6.45) is 1.06. The number of ether oxygens (including phenoxy) is 2. The number of benzene rings is 2. The van der Waals surface area contributed by atoms with Crippen molar-refractivity contribution in [2.24, 2.45) is 5.92 Å². The van der Waals surface area contributed by atoms with Crippen LogP contribution in [0.4, 0.5) is 0 Å². The van der Waals surface area contributed by atoms with Gasteiger partial charge in [0, 0.05) is 6.54 Å². The minimum Gasteiger partial charge on any atom is -0.493 e. The molecule has 0 fully saturated rings. The maximum absolute atomic E-state index is 13.9. The Morgan fingerprint density at radius 1 is 1.03 bits per heavy atom. The first-order valence-electron chi connectivity index (χ1n) is 11.3. The van der Waals surface area contributed by atoms with Crippen LogP contribution in [0, 0.1) is 5.92 Å². The standard InChI is InChI=1S/C26H30N2O5/c1-15(2)12-21(28-24(29)18-8-6-7-9-19(18)25(28)30)26(31)27-11-10-17-13-22(32-4)23(33-5)14-20(17)16(27)3/h6-9,13-16,21H,10-12H2,1-5H3/t16-,21-/m1/s1. The van der Waals surface area contributed by atoms with Gasteiger partial charge < -0.3 is 14.4 Å². The lowest BCUT2D eigenvalue weighted by molar-refractivity contribution is -0.138. The fourth-order valence-electron chi connectivity index (χ4n) is 4.89. The molecule has 0 bridgehead atoms. The molecule has 0 saturated carbocycles. The molecule has 0 aromatic heterocycles. The molecular formula is C26H30N2O5. The average Bonchev–Trinajstić information content (AvgIpc) is 3.06. The molecule has 2 aromatic carbocycles. The monoisotopic (exact) mass is 450 g/mol. The van der Waals surface area contributed by atoms with E-state index in [1.165, 1.54) is 4.90 Å². The summed E-state index contributed by atoms with van der Waals surface area (Å²) in [5.41, 5.74) is 2.80. The lowest BCUT2D eigenvalue weighted by atomic mass is 9.91. The molecule has 7 heteroatoms. The second-order valence-electron chi connectivity index (χ2n) is 9.03. The number of methoxy groups -OCH3 is 2. The maximum atomic E-state index is 13.9. The van der Waals surface area contributed by atoms with E-state index in [0.29, 0.717) is 42.0 Å². The van der Waals surface area contributed by atoms with Gasteiger partial charge in [0.15, 0.2) is 11.5 Å². The van der Waals surface area contributed by atoms with Crippen LogP contribution in [0.3, 0.4) is 0 Å². The van der Waals surface area contributed by atoms with Gasteiger partial charge in [-0.15, -0.1) is 0 Å². The molecular weight excluding hydrogens is 420 g/mol. The normalized spacial score (nSPS) is 18.3. The maximum Gasteiger partial charge on any atom is 0.262 e. The number of fused-ring (bicyclic) bond motifs is 2. The first-order valence-corrected chi connectivity index (χ1v) is 11.3. The Kier molecular flexibility index (Phi) is 6.15. The number of carbonyl (C=O) groups is 3. The van der Waals surface area contributed by atoms with Crippen LogP contribution in [-0.4, -0.2) is 54.3 Å². The zero-order valence-corrected chi connectivity index (χ0v) is 19.8. The lowest BCUT2D eigenvalue weighted by Crippen LogP contribution is -2.53. The Bertz CT molecular complexity index is 1070. The minimum atomic E-state index is -0.846. The van der Waals surface area contributed by atoms with Crippen molar-refractivity contribution in [1.82, 2.24) is 9.80 Å². The van der Waals surface area contributed by atoms with E-state index in [9.17, 15) is 14.4 Å². The molecule has 174 valence electrons. The summed E-state index contributed by atoms with van der Waals surface area (Å²) in [6, 6.07) is 9.56. The van der Waals surface area contributed by atoms with Crippen LogP contribution < -0.4 is 9.47 Å². The summed E-state index contributed by atoms with van der Waals surface area (Å²) in [4.78, 5) is 43.1. The van der Waals surface area contributed by atoms with Crippen molar-refractivity contribution in [3.8, 4) is 11.5 Å². The molecule has 0 aliphatic carbocycles. The van der Waals surface area contributed by atoms with E-state index in [1.54, 1.807) is 43.4 Å². The van der Waals surface area contributed by atoms with Crippen LogP contribution >= 0.6 is 0 Å². The van der Waals surface area contributed by atoms with Crippen molar-refractivity contribution in [1.29, 1.82) is 0 Å². The third kappa shape index (κ3) is 3.86. The van der Waals surface area contributed by atoms with Crippen molar-refractivity contribution in [2.75, 3.05) is 20.8 Å². The molecule has 0 N–H and O–H groups in total. The molecule has 2 atom stereocenters. The first kappa shape index (κ1) is 22.8. The molecule has 4 rings (SSSR count). The van der Waals surface area contributed by atoms with E-state index < -0.39 is 17.9 Å². The fourth-order valence-corrected chi connectivity index (χ4v) is 4.89. The van der Waals surface area contributed by atoms with Gasteiger partial charge in [0.05, 0.1) is 31.4 Å². The first-order chi connectivity index (χ1) is 15.8. The van der Waals surface area contributed by atoms with Crippen LogP contribution in [-0.2, 0) is 11.2 Å². The number of imide groups is 1. The van der Waals surface area contributed by atoms with Crippen LogP contribution in [0.2, 0.25) is 0 Å². The van der Waals surface area contributed by atoms with Crippen molar-refractivity contribution >= 4 is 17.7 Å². The number of hydrogen-bond acceptors (Lipinski definition) is 5. The summed E-state index contributed by atoms with van der Waals surface area (Å²) in [5, 5.41) is 0. The summed E-state index contributed by atoms with van der Waals surface area (Å²) in [5.74, 6) is 0.395. The number of nitrogens with zero attached hydrogens (tertiary/aromatic N) is 2. The molecule has 0 saturated heterocycles. The van der Waals surface area contributed by atoms with Gasteiger partial charge in [0.2, 0.25) is 5.91 Å². The van der Waals surface area contributed by atoms with Crippen molar-refractivity contribution in [3.63, 3.8) is 0 Å². The van der Waals surface area contributed by atoms with Gasteiger partial charge in [-0.3, -0.25) is 19.3 Å². The predicted octanol–water partition coefficient (Wildman–Crippen LogP) is 3.86. The highest BCUT2D eigenvalue weighted by Gasteiger charge is 2.45. The zero-order chi connectivity index (χ0) is 23.9. The topological polar surface area (TPSA) is 76.2 Å². The highest BCUT2D eigenvalue weighted by Crippen LogP contribution is 2.39. The van der Waals surface area contributed by atoms with E-state index in [1.807, 2.05) is 32.9 Å². The van der Waals surface area contributed by atoms with Gasteiger partial charge in [-0.2, -0.15) is 0 Å². The van der Waals surface area contributed by atoms with E-state index in [4.69, 9.17) is 9.47 Å². The van der Waals surface area contributed by atoms with Gasteiger partial charge >= 0.3 is 0 Å². The second-order valence-corrected chi connectivity index (χ2v) is 9.03. The molecule has 3 amide bonds. The summed E-state index contributed by atoms with van der Waals surface area (Å²) in [7, 11) is 3.19. The van der Waals surface area contributed by atoms with Crippen molar-refractivity contribution < 1.29 is 23.9 Å². The van der Waals surface area contributed by atoms with Gasteiger partial charge in [-0.05, 0) is 61.1 Å². The fraction of sp³-hybridized carbons (Fsp3) is 0.423. The number of rotatable bonds is 6. The number of amides is 3. The van der Waals surface area contributed by atoms with Crippen LogP contribution in [0.25, 0.3) is 0 Å². The van der Waals surface area contributed by atoms with E-state index >= 15 is 0 Å². The lowest BCUT2D eigenvalue weighted by Gasteiger charge is -2.39. The van der Waals surface area contributed by atoms with E-state index in [2.05, 4.69) is 0 Å². The number of hydrogen-bond donors (Lipinski definition) is 0. The Morgan fingerprint density at radius 2 is 1.61 bits per heavy atom. The summed E-state index contributed by atoms with van der Waals surface area (Å²) < 4.78 is 10.9. The van der Waals surface area contributed by atoms with Crippen molar-refractivity contribution in [2.45, 2.75) is 45.7 Å². The number of carbonyl (C=O) groups excluding carboxylic acids is 3. The Labute approximate surface area is 194 Å². The third-order valence-corrected chi connectivity index (χ3v) is 6.58. The van der Waals surface area contributed by atoms with Gasteiger partial charge in [-0.1, -0.05) is 26.0 Å². The average molecular weight is 451 g/mol. The van der Waals surface area contributed by atoms with Crippen LogP contribution in [0.1, 0.15) is 65.1 Å². The molecule has 0 spiro atoms. The quantitative estimate of drug-likeness (QED) is 0.625. The largest absolute Gasteiger partial charge is 0.493 e. The van der Waals surface area contributed by atoms with Crippen LogP contribution in [0.15, 0.2) is 36.4 Å². The highest BCUT2D eigenvalue weighted by atomic mass is 16.5. The molecule has 7 nitrogen and oxygen atoms in total.